The molecule has 1 atom stereocenters. The minimum atomic E-state index is -0.278. The first kappa shape index (κ1) is 11.0. The van der Waals surface area contributed by atoms with E-state index in [1.165, 1.54) is 4.90 Å². The fourth-order valence-electron chi connectivity index (χ4n) is 1.23. The van der Waals surface area contributed by atoms with Gasteiger partial charge in [-0.3, -0.25) is 0 Å². The zero-order valence-electron chi connectivity index (χ0n) is 8.82. The molecule has 0 saturated carbocycles. The van der Waals surface area contributed by atoms with Crippen molar-refractivity contribution in [3.63, 3.8) is 0 Å². The third-order valence-electron chi connectivity index (χ3n) is 2.06. The van der Waals surface area contributed by atoms with Gasteiger partial charge in [0, 0.05) is 20.5 Å². The number of carbonyl (C=O) groups is 1. The van der Waals surface area contributed by atoms with E-state index in [1.807, 2.05) is 6.08 Å². The van der Waals surface area contributed by atoms with E-state index in [0.29, 0.717) is 0 Å². The summed E-state index contributed by atoms with van der Waals surface area (Å²) in [7, 11) is 3.38. The molecule has 0 aliphatic carbocycles. The van der Waals surface area contributed by atoms with Gasteiger partial charge in [-0.15, -0.1) is 0 Å². The van der Waals surface area contributed by atoms with Gasteiger partial charge in [0.1, 0.15) is 6.10 Å². The molecule has 0 aromatic rings. The van der Waals surface area contributed by atoms with Crippen LogP contribution in [0.15, 0.2) is 12.2 Å². The lowest BCUT2D eigenvalue weighted by atomic mass is 10.2. The van der Waals surface area contributed by atoms with Gasteiger partial charge < -0.3 is 15.0 Å². The summed E-state index contributed by atoms with van der Waals surface area (Å²) in [5, 5.41) is 3.26. The van der Waals surface area contributed by atoms with Crippen LogP contribution < -0.4 is 5.32 Å². The summed E-state index contributed by atoms with van der Waals surface area (Å²) >= 11 is 0. The molecule has 1 amide bonds. The van der Waals surface area contributed by atoms with Crippen LogP contribution in [-0.4, -0.2) is 44.3 Å². The van der Waals surface area contributed by atoms with Crippen LogP contribution in [-0.2, 0) is 4.74 Å². The molecular formula is C10H18N2O2. The summed E-state index contributed by atoms with van der Waals surface area (Å²) in [4.78, 5) is 12.7. The average Bonchev–Trinajstić information content (AvgIpc) is 2.08. The molecule has 0 saturated heterocycles. The minimum Gasteiger partial charge on any atom is -0.442 e. The average molecular weight is 198 g/mol. The Bertz CT molecular complexity index is 214. The number of nitrogens with one attached hydrogen (secondary N) is 1. The molecule has 1 aliphatic heterocycles. The molecule has 0 aromatic carbocycles. The van der Waals surface area contributed by atoms with E-state index < -0.39 is 0 Å². The Kier molecular flexibility index (Phi) is 4.46. The highest BCUT2D eigenvalue weighted by Gasteiger charge is 2.13. The van der Waals surface area contributed by atoms with Gasteiger partial charge in [0.2, 0.25) is 0 Å². The van der Waals surface area contributed by atoms with Gasteiger partial charge in [0.15, 0.2) is 0 Å². The summed E-state index contributed by atoms with van der Waals surface area (Å²) in [5.41, 5.74) is 0. The van der Waals surface area contributed by atoms with Crippen LogP contribution in [0, 0.1) is 0 Å². The molecule has 1 rings (SSSR count). The van der Waals surface area contributed by atoms with Crippen molar-refractivity contribution in [3.05, 3.63) is 12.2 Å². The molecule has 14 heavy (non-hydrogen) atoms. The molecule has 0 aromatic heterocycles. The van der Waals surface area contributed by atoms with E-state index in [4.69, 9.17) is 4.74 Å². The van der Waals surface area contributed by atoms with E-state index in [2.05, 4.69) is 11.4 Å². The SMILES string of the molecule is CN(C)C(=O)OC1C=CCCNCC1. The third kappa shape index (κ3) is 3.79. The highest BCUT2D eigenvalue weighted by Crippen LogP contribution is 2.05. The van der Waals surface area contributed by atoms with Crippen molar-refractivity contribution in [1.82, 2.24) is 10.2 Å². The van der Waals surface area contributed by atoms with Gasteiger partial charge in [-0.2, -0.15) is 0 Å². The summed E-state index contributed by atoms with van der Waals surface area (Å²) in [6, 6.07) is 0. The van der Waals surface area contributed by atoms with Crippen LogP contribution in [0.2, 0.25) is 0 Å². The number of hydrogen-bond acceptors (Lipinski definition) is 3. The Morgan fingerprint density at radius 3 is 3.00 bits per heavy atom. The fourth-order valence-corrected chi connectivity index (χ4v) is 1.23. The Labute approximate surface area is 84.9 Å². The molecule has 80 valence electrons. The maximum atomic E-state index is 11.3. The monoisotopic (exact) mass is 198 g/mol. The van der Waals surface area contributed by atoms with E-state index in [-0.39, 0.29) is 12.2 Å². The van der Waals surface area contributed by atoms with Crippen LogP contribution in [0.4, 0.5) is 4.79 Å². The molecule has 0 fully saturated rings. The summed E-state index contributed by atoms with van der Waals surface area (Å²) in [6.45, 7) is 1.90. The molecule has 4 heteroatoms. The zero-order chi connectivity index (χ0) is 10.4. The first-order valence-electron chi connectivity index (χ1n) is 4.95. The van der Waals surface area contributed by atoms with Crippen LogP contribution >= 0.6 is 0 Å². The molecule has 0 radical (unpaired) electrons. The van der Waals surface area contributed by atoms with E-state index >= 15 is 0 Å². The first-order chi connectivity index (χ1) is 6.70. The van der Waals surface area contributed by atoms with Gasteiger partial charge >= 0.3 is 6.09 Å². The molecule has 1 heterocycles. The molecule has 4 nitrogen and oxygen atoms in total. The quantitative estimate of drug-likeness (QED) is 0.639. The van der Waals surface area contributed by atoms with Crippen molar-refractivity contribution in [2.75, 3.05) is 27.2 Å². The highest BCUT2D eigenvalue weighted by molar-refractivity contribution is 5.67. The number of nitrogens with zero attached hydrogens (tertiary/aromatic N) is 1. The van der Waals surface area contributed by atoms with Crippen molar-refractivity contribution < 1.29 is 9.53 Å². The largest absolute Gasteiger partial charge is 0.442 e. The van der Waals surface area contributed by atoms with Gasteiger partial charge in [-0.25, -0.2) is 4.79 Å². The highest BCUT2D eigenvalue weighted by atomic mass is 16.6. The fraction of sp³-hybridized carbons (Fsp3) is 0.700. The van der Waals surface area contributed by atoms with Crippen molar-refractivity contribution in [1.29, 1.82) is 0 Å². The number of carbonyl (C=O) groups excluding carboxylic acids is 1. The lowest BCUT2D eigenvalue weighted by molar-refractivity contribution is 0.0900. The second-order valence-corrected chi connectivity index (χ2v) is 3.57. The first-order valence-corrected chi connectivity index (χ1v) is 4.95. The lowest BCUT2D eigenvalue weighted by Crippen LogP contribution is -2.30. The van der Waals surface area contributed by atoms with Gasteiger partial charge in [-0.1, -0.05) is 6.08 Å². The van der Waals surface area contributed by atoms with Crippen molar-refractivity contribution in [3.8, 4) is 0 Å². The van der Waals surface area contributed by atoms with E-state index in [9.17, 15) is 4.79 Å². The summed E-state index contributed by atoms with van der Waals surface area (Å²) in [5.74, 6) is 0. The Balaban J connectivity index is 2.41. The van der Waals surface area contributed by atoms with Gasteiger partial charge in [-0.05, 0) is 25.6 Å². The second kappa shape index (κ2) is 5.65. The van der Waals surface area contributed by atoms with Gasteiger partial charge in [0.25, 0.3) is 0 Å². The topological polar surface area (TPSA) is 41.6 Å². The molecule has 1 unspecified atom stereocenters. The van der Waals surface area contributed by atoms with Gasteiger partial charge in [0.05, 0.1) is 0 Å². The number of ether oxygens (including phenoxy) is 1. The smallest absolute Gasteiger partial charge is 0.409 e. The maximum absolute atomic E-state index is 11.3. The van der Waals surface area contributed by atoms with Crippen LogP contribution in [0.5, 0.6) is 0 Å². The lowest BCUT2D eigenvalue weighted by Gasteiger charge is -2.19. The number of hydrogen-bond donors (Lipinski definition) is 1. The van der Waals surface area contributed by atoms with Crippen LogP contribution in [0.3, 0.4) is 0 Å². The second-order valence-electron chi connectivity index (χ2n) is 3.57. The van der Waals surface area contributed by atoms with Crippen molar-refractivity contribution in [2.45, 2.75) is 18.9 Å². The van der Waals surface area contributed by atoms with Crippen LogP contribution in [0.1, 0.15) is 12.8 Å². The van der Waals surface area contributed by atoms with E-state index in [1.54, 1.807) is 14.1 Å². The normalized spacial score (nSPS) is 22.3. The Morgan fingerprint density at radius 1 is 1.50 bits per heavy atom. The third-order valence-corrected chi connectivity index (χ3v) is 2.06. The number of amides is 1. The molecule has 0 spiro atoms. The molecule has 1 aliphatic rings. The predicted molar refractivity (Wildman–Crippen MR) is 55.2 cm³/mol. The van der Waals surface area contributed by atoms with Crippen LogP contribution in [0.25, 0.3) is 0 Å². The Morgan fingerprint density at radius 2 is 2.29 bits per heavy atom. The van der Waals surface area contributed by atoms with Crippen molar-refractivity contribution in [2.24, 2.45) is 0 Å². The summed E-state index contributed by atoms with van der Waals surface area (Å²) < 4.78 is 5.25. The summed E-state index contributed by atoms with van der Waals surface area (Å²) in [6.07, 6.45) is 5.51. The molecular weight excluding hydrogens is 180 g/mol. The van der Waals surface area contributed by atoms with Crippen molar-refractivity contribution >= 4 is 6.09 Å². The predicted octanol–water partition coefficient (Wildman–Crippen LogP) is 0.993. The number of rotatable bonds is 1. The maximum Gasteiger partial charge on any atom is 0.409 e. The molecule has 0 bridgehead atoms. The Hall–Kier alpha value is -1.03. The minimum absolute atomic E-state index is 0.0855. The molecule has 1 N–H and O–H groups in total. The standard InChI is InChI=1S/C10H18N2O2/c1-12(2)10(13)14-9-5-3-4-7-11-8-6-9/h3,5,9,11H,4,6-8H2,1-2H3. The zero-order valence-corrected chi connectivity index (χ0v) is 8.82. The van der Waals surface area contributed by atoms with E-state index in [0.717, 1.165) is 25.9 Å².